The molecule has 2 aromatic rings. The number of carboxylic acids is 2. The van der Waals surface area contributed by atoms with E-state index in [2.05, 4.69) is 21.2 Å². The molecule has 37 heavy (non-hydrogen) atoms. The van der Waals surface area contributed by atoms with Crippen LogP contribution in [0.25, 0.3) is 0 Å². The Bertz CT molecular complexity index is 1060. The van der Waals surface area contributed by atoms with Crippen molar-refractivity contribution in [3.8, 4) is 0 Å². The Hall–Kier alpha value is -3.69. The van der Waals surface area contributed by atoms with Crippen LogP contribution in [0.5, 0.6) is 0 Å². The molecule has 2 aromatic heterocycles. The lowest BCUT2D eigenvalue weighted by molar-refractivity contribution is -0.193. The summed E-state index contributed by atoms with van der Waals surface area (Å²) in [6, 6.07) is 3.66. The number of carbonyl (C=O) groups is 3. The summed E-state index contributed by atoms with van der Waals surface area (Å²) in [5, 5.41) is 18.5. The second-order valence-electron chi connectivity index (χ2n) is 8.49. The molecule has 4 rings (SSSR count). The molecular weight excluding hydrogens is 516 g/mol. The highest BCUT2D eigenvalue weighted by Crippen LogP contribution is 2.40. The molecule has 2 aliphatic heterocycles. The van der Waals surface area contributed by atoms with Crippen LogP contribution in [0.2, 0.25) is 0 Å². The number of carbonyl (C=O) groups excluding carboxylic acids is 1. The number of hydrogen-bond donors (Lipinski definition) is 2. The lowest BCUT2D eigenvalue weighted by atomic mass is 9.79. The molecule has 0 aromatic carbocycles. The van der Waals surface area contributed by atoms with Gasteiger partial charge in [-0.3, -0.25) is 19.4 Å². The van der Waals surface area contributed by atoms with Crippen molar-refractivity contribution >= 4 is 17.8 Å². The summed E-state index contributed by atoms with van der Waals surface area (Å²) in [5.74, 6) is -5.40. The Morgan fingerprint density at radius 2 is 1.57 bits per heavy atom. The van der Waals surface area contributed by atoms with E-state index in [1.165, 1.54) is 5.56 Å². The van der Waals surface area contributed by atoms with E-state index in [4.69, 9.17) is 19.8 Å². The highest BCUT2D eigenvalue weighted by Gasteiger charge is 2.48. The molecule has 0 saturated carbocycles. The van der Waals surface area contributed by atoms with Crippen molar-refractivity contribution in [2.45, 2.75) is 25.3 Å². The topological polar surface area (TPSA) is 129 Å². The summed E-state index contributed by atoms with van der Waals surface area (Å²) >= 11 is 0. The predicted molar refractivity (Wildman–Crippen MR) is 113 cm³/mol. The van der Waals surface area contributed by atoms with Gasteiger partial charge in [-0.2, -0.15) is 31.4 Å². The lowest BCUT2D eigenvalue weighted by Gasteiger charge is -2.48. The maximum Gasteiger partial charge on any atom is 0.490 e. The number of aliphatic carboxylic acids is 2. The van der Waals surface area contributed by atoms with E-state index in [1.54, 1.807) is 12.4 Å². The standard InChI is InChI=1S/C17H21N5O.2C2HF3O2/c1-20-9-14(7-19-20)10-21-11-17(12-21)4-6-22(13-17)16(23)15-3-2-5-18-8-15;2*3-2(4,5)1(6)7/h2-3,5,7-9H,4,6,10-13H2,1H3;2*(H,6,7). The number of aromatic nitrogens is 3. The number of likely N-dealkylation sites (tertiary alicyclic amines) is 2. The molecule has 2 N–H and O–H groups in total. The van der Waals surface area contributed by atoms with Crippen LogP contribution >= 0.6 is 0 Å². The quantitative estimate of drug-likeness (QED) is 0.570. The fourth-order valence-corrected chi connectivity index (χ4v) is 3.86. The minimum Gasteiger partial charge on any atom is -0.475 e. The van der Waals surface area contributed by atoms with Crippen LogP contribution in [0, 0.1) is 5.41 Å². The maximum absolute atomic E-state index is 12.5. The molecule has 10 nitrogen and oxygen atoms in total. The first-order valence-electron chi connectivity index (χ1n) is 10.5. The van der Waals surface area contributed by atoms with E-state index in [9.17, 15) is 31.1 Å². The van der Waals surface area contributed by atoms with Gasteiger partial charge in [-0.25, -0.2) is 9.59 Å². The van der Waals surface area contributed by atoms with Crippen molar-refractivity contribution in [1.29, 1.82) is 0 Å². The number of alkyl halides is 6. The van der Waals surface area contributed by atoms with Crippen LogP contribution in [0.3, 0.4) is 0 Å². The monoisotopic (exact) mass is 539 g/mol. The molecule has 0 bridgehead atoms. The van der Waals surface area contributed by atoms with E-state index in [-0.39, 0.29) is 5.91 Å². The molecule has 0 atom stereocenters. The van der Waals surface area contributed by atoms with Gasteiger partial charge in [-0.1, -0.05) is 0 Å². The van der Waals surface area contributed by atoms with E-state index in [0.29, 0.717) is 11.0 Å². The molecule has 1 amide bonds. The third-order valence-electron chi connectivity index (χ3n) is 5.40. The van der Waals surface area contributed by atoms with Gasteiger partial charge in [-0.15, -0.1) is 0 Å². The van der Waals surface area contributed by atoms with Gasteiger partial charge < -0.3 is 15.1 Å². The first kappa shape index (κ1) is 29.5. The van der Waals surface area contributed by atoms with Gasteiger partial charge in [0, 0.05) is 69.3 Å². The Labute approximate surface area is 206 Å². The van der Waals surface area contributed by atoms with Crippen molar-refractivity contribution in [3.05, 3.63) is 48.0 Å². The average Bonchev–Trinajstić information content (AvgIpc) is 3.40. The molecular formula is C21H23F6N5O5. The Morgan fingerprint density at radius 3 is 2.00 bits per heavy atom. The molecule has 2 fully saturated rings. The largest absolute Gasteiger partial charge is 0.490 e. The summed E-state index contributed by atoms with van der Waals surface area (Å²) in [5.41, 5.74) is 2.24. The molecule has 2 aliphatic rings. The van der Waals surface area contributed by atoms with Crippen molar-refractivity contribution in [2.24, 2.45) is 12.5 Å². The van der Waals surface area contributed by atoms with Crippen LogP contribution in [-0.4, -0.2) is 91.2 Å². The average molecular weight is 539 g/mol. The summed E-state index contributed by atoms with van der Waals surface area (Å²) in [7, 11) is 1.94. The molecule has 204 valence electrons. The minimum absolute atomic E-state index is 0.112. The fraction of sp³-hybridized carbons (Fsp3) is 0.476. The Balaban J connectivity index is 0.000000286. The number of aryl methyl sites for hydroxylation is 1. The van der Waals surface area contributed by atoms with Gasteiger partial charge in [0.25, 0.3) is 5.91 Å². The van der Waals surface area contributed by atoms with E-state index in [0.717, 1.165) is 39.1 Å². The number of pyridine rings is 1. The smallest absolute Gasteiger partial charge is 0.475 e. The maximum atomic E-state index is 12.5. The lowest BCUT2D eigenvalue weighted by Crippen LogP contribution is -2.57. The van der Waals surface area contributed by atoms with Crippen molar-refractivity contribution < 1.29 is 50.9 Å². The zero-order valence-electron chi connectivity index (χ0n) is 19.3. The van der Waals surface area contributed by atoms with Gasteiger partial charge in [0.05, 0.1) is 11.8 Å². The van der Waals surface area contributed by atoms with Gasteiger partial charge in [0.15, 0.2) is 0 Å². The third-order valence-corrected chi connectivity index (χ3v) is 5.40. The Kier molecular flexibility index (Phi) is 9.24. The van der Waals surface area contributed by atoms with Crippen LogP contribution in [0.15, 0.2) is 36.9 Å². The Morgan fingerprint density at radius 1 is 1.00 bits per heavy atom. The second-order valence-corrected chi connectivity index (χ2v) is 8.49. The molecule has 0 radical (unpaired) electrons. The number of rotatable bonds is 3. The fourth-order valence-electron chi connectivity index (χ4n) is 3.86. The number of halogens is 6. The first-order chi connectivity index (χ1) is 17.0. The van der Waals surface area contributed by atoms with Crippen molar-refractivity contribution in [2.75, 3.05) is 26.2 Å². The minimum atomic E-state index is -5.08. The van der Waals surface area contributed by atoms with Crippen molar-refractivity contribution in [3.63, 3.8) is 0 Å². The van der Waals surface area contributed by atoms with Crippen LogP contribution in [-0.2, 0) is 23.2 Å². The highest BCUT2D eigenvalue weighted by atomic mass is 19.4. The van der Waals surface area contributed by atoms with Crippen molar-refractivity contribution in [1.82, 2.24) is 24.6 Å². The summed E-state index contributed by atoms with van der Waals surface area (Å²) < 4.78 is 65.3. The van der Waals surface area contributed by atoms with Crippen LogP contribution in [0.4, 0.5) is 26.3 Å². The van der Waals surface area contributed by atoms with Crippen LogP contribution in [0.1, 0.15) is 22.3 Å². The third kappa shape index (κ3) is 8.73. The summed E-state index contributed by atoms with van der Waals surface area (Å²) in [6.07, 6.45) is -1.72. The number of nitrogens with zero attached hydrogens (tertiary/aromatic N) is 5. The summed E-state index contributed by atoms with van der Waals surface area (Å²) in [6.45, 7) is 4.81. The van der Waals surface area contributed by atoms with Gasteiger partial charge in [0.2, 0.25) is 0 Å². The molecule has 4 heterocycles. The first-order valence-corrected chi connectivity index (χ1v) is 10.5. The van der Waals surface area contributed by atoms with E-state index >= 15 is 0 Å². The zero-order chi connectivity index (χ0) is 28.0. The number of hydrogen-bond acceptors (Lipinski definition) is 6. The number of carboxylic acid groups (broad SMARTS) is 2. The zero-order valence-corrected chi connectivity index (χ0v) is 19.3. The van der Waals surface area contributed by atoms with Crippen LogP contribution < -0.4 is 0 Å². The molecule has 2 saturated heterocycles. The summed E-state index contributed by atoms with van der Waals surface area (Å²) in [4.78, 5) is 38.8. The molecule has 1 spiro atoms. The van der Waals surface area contributed by atoms with E-state index in [1.807, 2.05) is 35.0 Å². The van der Waals surface area contributed by atoms with Gasteiger partial charge >= 0.3 is 24.3 Å². The number of amides is 1. The van der Waals surface area contributed by atoms with Gasteiger partial charge in [-0.05, 0) is 18.6 Å². The SMILES string of the molecule is Cn1cc(CN2CC3(CCN(C(=O)c4cccnc4)C3)C2)cn1.O=C(O)C(F)(F)F.O=C(O)C(F)(F)F. The molecule has 0 unspecified atom stereocenters. The molecule has 0 aliphatic carbocycles. The van der Waals surface area contributed by atoms with E-state index < -0.39 is 24.3 Å². The second kappa shape index (κ2) is 11.6. The van der Waals surface area contributed by atoms with Gasteiger partial charge in [0.1, 0.15) is 0 Å². The normalized spacial score (nSPS) is 16.7. The highest BCUT2D eigenvalue weighted by molar-refractivity contribution is 5.94. The predicted octanol–water partition coefficient (Wildman–Crippen LogP) is 2.43. The molecule has 16 heteroatoms.